The molecule has 0 radical (unpaired) electrons. The molecule has 2 amide bonds. The van der Waals surface area contributed by atoms with Gasteiger partial charge in [-0.15, -0.1) is 21.5 Å². The van der Waals surface area contributed by atoms with Crippen LogP contribution in [0.5, 0.6) is 0 Å². The highest BCUT2D eigenvalue weighted by atomic mass is 32.2. The summed E-state index contributed by atoms with van der Waals surface area (Å²) in [4.78, 5) is 22.5. The number of aliphatic carboxylic acids is 1. The van der Waals surface area contributed by atoms with E-state index < -0.39 is 17.3 Å². The second-order valence-electron chi connectivity index (χ2n) is 3.76. The summed E-state index contributed by atoms with van der Waals surface area (Å²) in [5.74, 6) is -1.14. The number of hydrogen-bond acceptors (Lipinski definition) is 8. The van der Waals surface area contributed by atoms with Crippen molar-refractivity contribution in [2.24, 2.45) is 0 Å². The lowest BCUT2D eigenvalue weighted by Gasteiger charge is -2.12. The second-order valence-corrected chi connectivity index (χ2v) is 7.14. The van der Waals surface area contributed by atoms with Gasteiger partial charge in [-0.1, -0.05) is 30.0 Å². The number of anilines is 2. The van der Waals surface area contributed by atoms with Crippen molar-refractivity contribution >= 4 is 56.6 Å². The molecule has 0 saturated carbocycles. The van der Waals surface area contributed by atoms with E-state index in [1.54, 1.807) is 13.0 Å². The number of amides is 2. The third-order valence-corrected chi connectivity index (χ3v) is 5.31. The predicted octanol–water partition coefficient (Wildman–Crippen LogP) is 1.86. The Labute approximate surface area is 132 Å². The van der Waals surface area contributed by atoms with Crippen LogP contribution in [0.2, 0.25) is 0 Å². The first-order valence-electron chi connectivity index (χ1n) is 5.91. The summed E-state index contributed by atoms with van der Waals surface area (Å²) in [6.45, 7) is 1.75. The van der Waals surface area contributed by atoms with Crippen LogP contribution in [0.3, 0.4) is 0 Å². The van der Waals surface area contributed by atoms with Crippen LogP contribution in [0, 0.1) is 0 Å². The molecule has 2 aromatic heterocycles. The first-order chi connectivity index (χ1) is 10.1. The number of urea groups is 1. The van der Waals surface area contributed by atoms with Gasteiger partial charge in [-0.05, 0) is 23.9 Å². The van der Waals surface area contributed by atoms with E-state index in [2.05, 4.69) is 20.8 Å². The zero-order valence-electron chi connectivity index (χ0n) is 10.9. The van der Waals surface area contributed by atoms with E-state index in [4.69, 9.17) is 0 Å². The number of rotatable bonds is 6. The van der Waals surface area contributed by atoms with Crippen LogP contribution in [0.1, 0.15) is 13.3 Å². The summed E-state index contributed by atoms with van der Waals surface area (Å²) < 4.78 is 0.470. The van der Waals surface area contributed by atoms with Crippen molar-refractivity contribution in [1.82, 2.24) is 10.2 Å². The van der Waals surface area contributed by atoms with E-state index in [1.807, 2.05) is 11.4 Å². The summed E-state index contributed by atoms with van der Waals surface area (Å²) in [7, 11) is 0. The van der Waals surface area contributed by atoms with E-state index in [0.717, 1.165) is 28.1 Å². The highest BCUT2D eigenvalue weighted by Gasteiger charge is 2.14. The molecule has 10 heteroatoms. The van der Waals surface area contributed by atoms with E-state index in [0.29, 0.717) is 15.9 Å². The lowest BCUT2D eigenvalue weighted by atomic mass is 10.3. The number of nitrogens with zero attached hydrogens (tertiary/aromatic N) is 2. The number of thioether (sulfide) groups is 1. The third-order valence-electron chi connectivity index (χ3n) is 2.26. The highest BCUT2D eigenvalue weighted by molar-refractivity contribution is 8.02. The Balaban J connectivity index is 1.90. The lowest BCUT2D eigenvalue weighted by Crippen LogP contribution is -2.32. The molecule has 0 bridgehead atoms. The van der Waals surface area contributed by atoms with Crippen molar-refractivity contribution in [3.8, 4) is 0 Å². The Morgan fingerprint density at radius 1 is 1.43 bits per heavy atom. The number of thiophene rings is 1. The molecular formula is C11H11N4O3S3-. The van der Waals surface area contributed by atoms with Gasteiger partial charge in [0.1, 0.15) is 0 Å². The van der Waals surface area contributed by atoms with Crippen molar-refractivity contribution in [2.75, 3.05) is 10.6 Å². The van der Waals surface area contributed by atoms with Gasteiger partial charge in [0.15, 0.2) is 4.34 Å². The van der Waals surface area contributed by atoms with Gasteiger partial charge in [0, 0.05) is 0 Å². The van der Waals surface area contributed by atoms with Gasteiger partial charge in [0.25, 0.3) is 0 Å². The second kappa shape index (κ2) is 7.38. The number of nitrogens with one attached hydrogen (secondary N) is 2. The first kappa shape index (κ1) is 15.7. The summed E-state index contributed by atoms with van der Waals surface area (Å²) in [5.41, 5.74) is 0. The molecule has 2 heterocycles. The van der Waals surface area contributed by atoms with Gasteiger partial charge in [-0.25, -0.2) is 4.79 Å². The molecule has 2 rings (SSSR count). The molecule has 7 nitrogen and oxygen atoms in total. The van der Waals surface area contributed by atoms with Gasteiger partial charge in [0.05, 0.1) is 16.2 Å². The van der Waals surface area contributed by atoms with Crippen molar-refractivity contribution in [3.05, 3.63) is 17.5 Å². The molecule has 1 atom stereocenters. The van der Waals surface area contributed by atoms with E-state index in [1.165, 1.54) is 11.3 Å². The van der Waals surface area contributed by atoms with Gasteiger partial charge >= 0.3 is 6.03 Å². The maximum atomic E-state index is 11.7. The fraction of sp³-hybridized carbons (Fsp3) is 0.273. The SMILES string of the molecule is CC[C@H](Sc1nnc(NC(=O)Nc2cccs2)s1)C(=O)[O-]. The van der Waals surface area contributed by atoms with Crippen LogP contribution in [0.4, 0.5) is 14.9 Å². The zero-order chi connectivity index (χ0) is 15.2. The van der Waals surface area contributed by atoms with E-state index in [-0.39, 0.29) is 0 Å². The molecule has 0 aromatic carbocycles. The van der Waals surface area contributed by atoms with Crippen molar-refractivity contribution in [3.63, 3.8) is 0 Å². The highest BCUT2D eigenvalue weighted by Crippen LogP contribution is 2.30. The minimum atomic E-state index is -1.14. The predicted molar refractivity (Wildman–Crippen MR) is 81.8 cm³/mol. The molecule has 0 aliphatic heterocycles. The van der Waals surface area contributed by atoms with Gasteiger partial charge < -0.3 is 9.90 Å². The fourth-order valence-electron chi connectivity index (χ4n) is 1.32. The Hall–Kier alpha value is -1.65. The minimum absolute atomic E-state index is 0.305. The molecule has 2 N–H and O–H groups in total. The average molecular weight is 343 g/mol. The molecule has 0 aliphatic rings. The minimum Gasteiger partial charge on any atom is -0.549 e. The molecule has 0 aliphatic carbocycles. The third kappa shape index (κ3) is 4.69. The molecule has 0 fully saturated rings. The average Bonchev–Trinajstić information content (AvgIpc) is 3.07. The number of carboxylic acids is 1. The van der Waals surface area contributed by atoms with Crippen LogP contribution in [0.25, 0.3) is 0 Å². The molecular weight excluding hydrogens is 332 g/mol. The van der Waals surface area contributed by atoms with Gasteiger partial charge in [-0.3, -0.25) is 10.6 Å². The van der Waals surface area contributed by atoms with Crippen LogP contribution in [-0.4, -0.2) is 27.4 Å². The molecule has 0 saturated heterocycles. The molecule has 0 spiro atoms. The van der Waals surface area contributed by atoms with Crippen LogP contribution in [0.15, 0.2) is 21.9 Å². The Bertz CT molecular complexity index is 614. The van der Waals surface area contributed by atoms with Crippen LogP contribution >= 0.6 is 34.4 Å². The molecule has 2 aromatic rings. The number of carbonyl (C=O) groups is 2. The van der Waals surface area contributed by atoms with Crippen LogP contribution in [-0.2, 0) is 4.79 Å². The Kier molecular flexibility index (Phi) is 5.53. The Morgan fingerprint density at radius 3 is 2.86 bits per heavy atom. The number of carboxylic acid groups (broad SMARTS) is 1. The lowest BCUT2D eigenvalue weighted by molar-refractivity contribution is -0.304. The Morgan fingerprint density at radius 2 is 2.24 bits per heavy atom. The summed E-state index contributed by atoms with van der Waals surface area (Å²) in [6.07, 6.45) is 0.425. The summed E-state index contributed by atoms with van der Waals surface area (Å²) in [5, 5.41) is 25.9. The quantitative estimate of drug-likeness (QED) is 0.612. The first-order valence-corrected chi connectivity index (χ1v) is 8.48. The van der Waals surface area contributed by atoms with Crippen LogP contribution < -0.4 is 15.7 Å². The zero-order valence-corrected chi connectivity index (χ0v) is 13.3. The number of aromatic nitrogens is 2. The molecule has 0 unspecified atom stereocenters. The largest absolute Gasteiger partial charge is 0.549 e. The van der Waals surface area contributed by atoms with Crippen molar-refractivity contribution in [2.45, 2.75) is 22.9 Å². The standard InChI is InChI=1S/C11H12N4O3S3/c1-2-6(8(16)17)20-11-15-14-10(21-11)13-9(18)12-7-4-3-5-19-7/h3-6H,2H2,1H3,(H,16,17)(H2,12,13,14,18)/p-1/t6-/m0/s1. The fourth-order valence-corrected chi connectivity index (χ4v) is 3.77. The maximum Gasteiger partial charge on any atom is 0.326 e. The van der Waals surface area contributed by atoms with Crippen molar-refractivity contribution in [1.29, 1.82) is 0 Å². The monoisotopic (exact) mass is 343 g/mol. The number of carbonyl (C=O) groups excluding carboxylic acids is 2. The van der Waals surface area contributed by atoms with Crippen molar-refractivity contribution < 1.29 is 14.7 Å². The van der Waals surface area contributed by atoms with E-state index in [9.17, 15) is 14.7 Å². The topological polar surface area (TPSA) is 107 Å². The molecule has 21 heavy (non-hydrogen) atoms. The van der Waals surface area contributed by atoms with Gasteiger partial charge in [0.2, 0.25) is 5.13 Å². The van der Waals surface area contributed by atoms with Gasteiger partial charge in [-0.2, -0.15) is 0 Å². The summed E-state index contributed by atoms with van der Waals surface area (Å²) in [6, 6.07) is 3.18. The summed E-state index contributed by atoms with van der Waals surface area (Å²) >= 11 is 3.58. The van der Waals surface area contributed by atoms with E-state index >= 15 is 0 Å². The number of hydrogen-bond donors (Lipinski definition) is 2. The molecule has 112 valence electrons. The smallest absolute Gasteiger partial charge is 0.326 e. The normalized spacial score (nSPS) is 11.9. The maximum absolute atomic E-state index is 11.7.